The minimum atomic E-state index is -0.0741. The van der Waals surface area contributed by atoms with Crippen molar-refractivity contribution >= 4 is 0 Å². The fraction of sp³-hybridized carbons (Fsp3) is 1.00. The number of aliphatic hydroxyl groups is 2. The quantitative estimate of drug-likeness (QED) is 0.414. The van der Waals surface area contributed by atoms with E-state index in [4.69, 9.17) is 0 Å². The van der Waals surface area contributed by atoms with E-state index in [2.05, 4.69) is 55.4 Å². The first-order valence-electron chi connectivity index (χ1n) is 13.3. The molecule has 2 fully saturated rings. The number of hydrogen-bond donors (Lipinski definition) is 2. The van der Waals surface area contributed by atoms with Gasteiger partial charge in [0.25, 0.3) is 0 Å². The molecule has 2 aliphatic carbocycles. The van der Waals surface area contributed by atoms with Crippen LogP contribution in [-0.2, 0) is 0 Å². The Labute approximate surface area is 189 Å². The molecule has 0 amide bonds. The van der Waals surface area contributed by atoms with Gasteiger partial charge in [-0.05, 0) is 85.9 Å². The normalized spacial score (nSPS) is 32.6. The van der Waals surface area contributed by atoms with E-state index in [0.717, 1.165) is 49.4 Å². The SMILES string of the molecule is CCC(O)CCC1[C@@H](C)CCCC1(C)C.CCC(O)CC[C@H]1[C@@H](C)CCCC1(C)C. The van der Waals surface area contributed by atoms with Crippen LogP contribution >= 0.6 is 0 Å². The van der Waals surface area contributed by atoms with Crippen LogP contribution < -0.4 is 0 Å². The van der Waals surface area contributed by atoms with Crippen molar-refractivity contribution in [3.63, 3.8) is 0 Å². The minimum Gasteiger partial charge on any atom is -0.393 e. The van der Waals surface area contributed by atoms with Crippen LogP contribution in [0.25, 0.3) is 0 Å². The first-order chi connectivity index (χ1) is 13.9. The van der Waals surface area contributed by atoms with E-state index >= 15 is 0 Å². The first kappa shape index (κ1) is 28.0. The van der Waals surface area contributed by atoms with Crippen molar-refractivity contribution in [2.45, 2.75) is 145 Å². The van der Waals surface area contributed by atoms with Crippen LogP contribution in [0.1, 0.15) is 132 Å². The van der Waals surface area contributed by atoms with Crippen molar-refractivity contribution < 1.29 is 10.2 Å². The van der Waals surface area contributed by atoms with Gasteiger partial charge in [0, 0.05) is 0 Å². The Bertz CT molecular complexity index is 414. The topological polar surface area (TPSA) is 40.5 Å². The lowest BCUT2D eigenvalue weighted by Crippen LogP contribution is -2.34. The Hall–Kier alpha value is -0.0800. The third-order valence-corrected chi connectivity index (χ3v) is 8.91. The fourth-order valence-corrected chi connectivity index (χ4v) is 6.58. The fourth-order valence-electron chi connectivity index (χ4n) is 6.58. The zero-order chi connectivity index (χ0) is 22.9. The molecule has 2 rings (SSSR count). The maximum absolute atomic E-state index is 9.65. The summed E-state index contributed by atoms with van der Waals surface area (Å²) in [6.45, 7) is 18.6. The molecule has 30 heavy (non-hydrogen) atoms. The Morgan fingerprint density at radius 3 is 1.30 bits per heavy atom. The zero-order valence-electron chi connectivity index (χ0n) is 21.8. The summed E-state index contributed by atoms with van der Waals surface area (Å²) in [7, 11) is 0. The standard InChI is InChI=1S/2C14H28O/c2*1-5-12(15)8-9-13-11(2)7-6-10-14(13,3)4/h2*11-13,15H,5-10H2,1-4H3/t11-,12?,13?;11-,12?,13-/m00/s1. The highest BCUT2D eigenvalue weighted by Gasteiger charge is 2.37. The highest BCUT2D eigenvalue weighted by molar-refractivity contribution is 4.87. The Morgan fingerprint density at radius 1 is 0.700 bits per heavy atom. The average molecular weight is 425 g/mol. The smallest absolute Gasteiger partial charge is 0.0537 e. The van der Waals surface area contributed by atoms with Gasteiger partial charge >= 0.3 is 0 Å². The molecule has 3 unspecified atom stereocenters. The number of hydrogen-bond acceptors (Lipinski definition) is 2. The third kappa shape index (κ3) is 8.81. The van der Waals surface area contributed by atoms with Crippen molar-refractivity contribution in [3.05, 3.63) is 0 Å². The first-order valence-corrected chi connectivity index (χ1v) is 13.3. The van der Waals surface area contributed by atoms with Crippen LogP contribution in [0.3, 0.4) is 0 Å². The van der Waals surface area contributed by atoms with Crippen LogP contribution in [0.2, 0.25) is 0 Å². The summed E-state index contributed by atoms with van der Waals surface area (Å²) < 4.78 is 0. The minimum absolute atomic E-state index is 0.0741. The molecule has 0 aromatic rings. The Morgan fingerprint density at radius 2 is 1.03 bits per heavy atom. The second-order valence-corrected chi connectivity index (χ2v) is 12.2. The molecule has 0 radical (unpaired) electrons. The summed E-state index contributed by atoms with van der Waals surface area (Å²) in [6.07, 6.45) is 14.4. The molecule has 0 bridgehead atoms. The van der Waals surface area contributed by atoms with Crippen molar-refractivity contribution in [2.75, 3.05) is 0 Å². The Balaban J connectivity index is 0.000000300. The molecule has 0 spiro atoms. The van der Waals surface area contributed by atoms with E-state index in [1.165, 1.54) is 51.4 Å². The van der Waals surface area contributed by atoms with Gasteiger partial charge in [0.1, 0.15) is 0 Å². The number of rotatable bonds is 8. The molecule has 0 aromatic heterocycles. The van der Waals surface area contributed by atoms with Gasteiger partial charge in [-0.15, -0.1) is 0 Å². The van der Waals surface area contributed by atoms with E-state index in [1.807, 2.05) is 0 Å². The lowest BCUT2D eigenvalue weighted by Gasteiger charge is -2.43. The molecule has 180 valence electrons. The lowest BCUT2D eigenvalue weighted by atomic mass is 9.62. The lowest BCUT2D eigenvalue weighted by molar-refractivity contribution is 0.0568. The van der Waals surface area contributed by atoms with Crippen molar-refractivity contribution in [1.29, 1.82) is 0 Å². The molecule has 0 saturated heterocycles. The highest BCUT2D eigenvalue weighted by atomic mass is 16.3. The molecular formula is C28H56O2. The van der Waals surface area contributed by atoms with E-state index in [9.17, 15) is 10.2 Å². The second-order valence-electron chi connectivity index (χ2n) is 12.2. The maximum atomic E-state index is 9.65. The predicted octanol–water partition coefficient (Wildman–Crippen LogP) is 8.00. The van der Waals surface area contributed by atoms with Crippen LogP contribution in [0.5, 0.6) is 0 Å². The summed E-state index contributed by atoms with van der Waals surface area (Å²) >= 11 is 0. The molecule has 2 N–H and O–H groups in total. The second kappa shape index (κ2) is 12.8. The van der Waals surface area contributed by atoms with Gasteiger partial charge in [0.15, 0.2) is 0 Å². The monoisotopic (exact) mass is 424 g/mol. The van der Waals surface area contributed by atoms with Crippen molar-refractivity contribution in [3.8, 4) is 0 Å². The molecule has 2 nitrogen and oxygen atoms in total. The van der Waals surface area contributed by atoms with Gasteiger partial charge in [-0.25, -0.2) is 0 Å². The van der Waals surface area contributed by atoms with Crippen LogP contribution in [0.15, 0.2) is 0 Å². The molecule has 0 heterocycles. The van der Waals surface area contributed by atoms with Gasteiger partial charge in [-0.1, -0.05) is 81.1 Å². The summed E-state index contributed by atoms with van der Waals surface area (Å²) in [4.78, 5) is 0. The van der Waals surface area contributed by atoms with Gasteiger partial charge < -0.3 is 10.2 Å². The van der Waals surface area contributed by atoms with Crippen LogP contribution in [0, 0.1) is 34.5 Å². The van der Waals surface area contributed by atoms with E-state index in [-0.39, 0.29) is 12.2 Å². The molecule has 2 saturated carbocycles. The van der Waals surface area contributed by atoms with E-state index in [1.54, 1.807) is 0 Å². The van der Waals surface area contributed by atoms with Crippen LogP contribution in [0.4, 0.5) is 0 Å². The summed E-state index contributed by atoms with van der Waals surface area (Å²) in [6, 6.07) is 0. The molecule has 2 heteroatoms. The van der Waals surface area contributed by atoms with E-state index < -0.39 is 0 Å². The summed E-state index contributed by atoms with van der Waals surface area (Å²) in [5.41, 5.74) is 0.982. The summed E-state index contributed by atoms with van der Waals surface area (Å²) in [5.74, 6) is 3.32. The zero-order valence-corrected chi connectivity index (χ0v) is 21.8. The van der Waals surface area contributed by atoms with Gasteiger partial charge in [0.2, 0.25) is 0 Å². The van der Waals surface area contributed by atoms with Gasteiger partial charge in [-0.2, -0.15) is 0 Å². The van der Waals surface area contributed by atoms with Gasteiger partial charge in [0.05, 0.1) is 12.2 Å². The Kier molecular flexibility index (Phi) is 12.0. The molecule has 0 aliphatic heterocycles. The van der Waals surface area contributed by atoms with E-state index in [0.29, 0.717) is 10.8 Å². The summed E-state index contributed by atoms with van der Waals surface area (Å²) in [5, 5.41) is 19.3. The van der Waals surface area contributed by atoms with Gasteiger partial charge in [-0.3, -0.25) is 0 Å². The van der Waals surface area contributed by atoms with Crippen molar-refractivity contribution in [1.82, 2.24) is 0 Å². The van der Waals surface area contributed by atoms with Crippen LogP contribution in [-0.4, -0.2) is 22.4 Å². The van der Waals surface area contributed by atoms with Crippen molar-refractivity contribution in [2.24, 2.45) is 34.5 Å². The average Bonchev–Trinajstić information content (AvgIpc) is 2.66. The molecule has 0 aromatic carbocycles. The maximum Gasteiger partial charge on any atom is 0.0537 e. The molecule has 6 atom stereocenters. The number of aliphatic hydroxyl groups excluding tert-OH is 2. The highest BCUT2D eigenvalue weighted by Crippen LogP contribution is 2.47. The predicted molar refractivity (Wildman–Crippen MR) is 132 cm³/mol. The largest absolute Gasteiger partial charge is 0.393 e. The molecular weight excluding hydrogens is 368 g/mol. The third-order valence-electron chi connectivity index (χ3n) is 8.91. The molecule has 2 aliphatic rings.